The number of carbonyl (C=O) groups excluding carboxylic acids is 4. The number of aryl methyl sites for hydroxylation is 1. The molecular formula is C21H18N3O5-. The van der Waals surface area contributed by atoms with Crippen LogP contribution in [0.15, 0.2) is 60.3 Å². The number of nitrogens with one attached hydrogen (secondary N) is 2. The molecule has 1 fully saturated rings. The van der Waals surface area contributed by atoms with Crippen LogP contribution in [-0.4, -0.2) is 23.8 Å². The number of carbonyl (C=O) groups is 4. The number of anilines is 2. The molecule has 4 amide bonds. The Balaban J connectivity index is 1.92. The first-order valence-corrected chi connectivity index (χ1v) is 8.82. The zero-order valence-electron chi connectivity index (χ0n) is 15.8. The number of urea groups is 1. The highest BCUT2D eigenvalue weighted by Gasteiger charge is 2.43. The van der Waals surface area contributed by atoms with Crippen molar-refractivity contribution in [1.82, 2.24) is 5.32 Å². The highest BCUT2D eigenvalue weighted by molar-refractivity contribution is 6.29. The zero-order valence-corrected chi connectivity index (χ0v) is 15.8. The largest absolute Gasteiger partial charge is 0.545 e. The second-order valence-corrected chi connectivity index (χ2v) is 6.47. The number of amides is 4. The molecule has 8 nitrogen and oxygen atoms in total. The van der Waals surface area contributed by atoms with Crippen LogP contribution < -0.4 is 20.6 Å². The molecule has 0 unspecified atom stereocenters. The minimum absolute atomic E-state index is 0.0543. The quantitative estimate of drug-likeness (QED) is 0.746. The van der Waals surface area contributed by atoms with E-state index in [9.17, 15) is 24.3 Å². The Morgan fingerprint density at radius 3 is 2.45 bits per heavy atom. The fourth-order valence-corrected chi connectivity index (χ4v) is 2.99. The summed E-state index contributed by atoms with van der Waals surface area (Å²) in [7, 11) is 0. The van der Waals surface area contributed by atoms with Crippen LogP contribution in [0.4, 0.5) is 16.2 Å². The van der Waals surface area contributed by atoms with Crippen LogP contribution in [0.5, 0.6) is 0 Å². The Bertz CT molecular complexity index is 1030. The van der Waals surface area contributed by atoms with E-state index >= 15 is 0 Å². The predicted octanol–water partition coefficient (Wildman–Crippen LogP) is 1.57. The van der Waals surface area contributed by atoms with Crippen molar-refractivity contribution in [3.63, 3.8) is 0 Å². The van der Waals surface area contributed by atoms with Gasteiger partial charge in [0.15, 0.2) is 5.92 Å². The van der Waals surface area contributed by atoms with Crippen LogP contribution in [0.1, 0.15) is 22.8 Å². The van der Waals surface area contributed by atoms with E-state index in [4.69, 9.17) is 0 Å². The Hall–Kier alpha value is -3.94. The van der Waals surface area contributed by atoms with Gasteiger partial charge in [0.05, 0.1) is 11.7 Å². The van der Waals surface area contributed by atoms with Gasteiger partial charge in [0.2, 0.25) is 5.91 Å². The van der Waals surface area contributed by atoms with Crippen LogP contribution in [0, 0.1) is 12.8 Å². The monoisotopic (exact) mass is 392 g/mol. The molecule has 2 N–H and O–H groups in total. The van der Waals surface area contributed by atoms with Gasteiger partial charge in [-0.2, -0.15) is 0 Å². The molecular weight excluding hydrogens is 374 g/mol. The number of carboxylic acid groups (broad SMARTS) is 1. The number of hydrogen-bond acceptors (Lipinski definition) is 6. The van der Waals surface area contributed by atoms with Crippen LogP contribution in [0.25, 0.3) is 0 Å². The molecule has 8 heteroatoms. The molecule has 2 aromatic rings. The number of allylic oxidation sites excluding steroid dienone is 1. The third-order valence-electron chi connectivity index (χ3n) is 4.46. The lowest BCUT2D eigenvalue weighted by atomic mass is 9.99. The van der Waals surface area contributed by atoms with E-state index in [0.717, 1.165) is 10.5 Å². The average molecular weight is 392 g/mol. The summed E-state index contributed by atoms with van der Waals surface area (Å²) in [5.74, 6) is -4.12. The molecule has 1 aliphatic heterocycles. The molecule has 1 heterocycles. The number of rotatable bonds is 5. The molecule has 1 atom stereocenters. The lowest BCUT2D eigenvalue weighted by Gasteiger charge is -2.31. The second kappa shape index (κ2) is 7.97. The van der Waals surface area contributed by atoms with Gasteiger partial charge in [-0.15, -0.1) is 0 Å². The van der Waals surface area contributed by atoms with Crippen LogP contribution in [0.2, 0.25) is 0 Å². The van der Waals surface area contributed by atoms with Gasteiger partial charge in [0.1, 0.15) is 0 Å². The SMILES string of the molecule is C/C=C(/Nc1cccc(C(=O)[O-])c1)[C@H]1C(=O)NC(=O)N(c2ccc(C)cc2)C1=O. The number of nitrogens with zero attached hydrogens (tertiary/aromatic N) is 1. The van der Waals surface area contributed by atoms with E-state index in [-0.39, 0.29) is 11.3 Å². The molecule has 29 heavy (non-hydrogen) atoms. The molecule has 0 spiro atoms. The fourth-order valence-electron chi connectivity index (χ4n) is 2.99. The summed E-state index contributed by atoms with van der Waals surface area (Å²) in [5.41, 5.74) is 1.81. The van der Waals surface area contributed by atoms with Crippen molar-refractivity contribution in [3.8, 4) is 0 Å². The minimum atomic E-state index is -1.35. The lowest BCUT2D eigenvalue weighted by molar-refractivity contribution is -0.255. The molecule has 0 saturated carbocycles. The maximum atomic E-state index is 13.1. The topological polar surface area (TPSA) is 119 Å². The van der Waals surface area contributed by atoms with E-state index in [1.54, 1.807) is 37.3 Å². The first-order chi connectivity index (χ1) is 13.8. The summed E-state index contributed by atoms with van der Waals surface area (Å²) >= 11 is 0. The molecule has 0 bridgehead atoms. The number of imide groups is 2. The average Bonchev–Trinajstić information content (AvgIpc) is 2.68. The summed E-state index contributed by atoms with van der Waals surface area (Å²) in [6.07, 6.45) is 1.52. The second-order valence-electron chi connectivity index (χ2n) is 6.47. The number of carboxylic acids is 1. The lowest BCUT2D eigenvalue weighted by Crippen LogP contribution is -2.59. The molecule has 1 saturated heterocycles. The highest BCUT2D eigenvalue weighted by Crippen LogP contribution is 2.26. The third kappa shape index (κ3) is 4.01. The van der Waals surface area contributed by atoms with E-state index in [1.165, 1.54) is 24.3 Å². The van der Waals surface area contributed by atoms with E-state index in [2.05, 4.69) is 10.6 Å². The summed E-state index contributed by atoms with van der Waals surface area (Å²) in [5, 5.41) is 16.2. The molecule has 0 aromatic heterocycles. The number of benzene rings is 2. The van der Waals surface area contributed by atoms with Gasteiger partial charge < -0.3 is 15.2 Å². The smallest absolute Gasteiger partial charge is 0.335 e. The van der Waals surface area contributed by atoms with Gasteiger partial charge in [0.25, 0.3) is 5.91 Å². The van der Waals surface area contributed by atoms with Crippen LogP contribution >= 0.6 is 0 Å². The molecule has 3 rings (SSSR count). The summed E-state index contributed by atoms with van der Waals surface area (Å²) in [4.78, 5) is 49.8. The summed E-state index contributed by atoms with van der Waals surface area (Å²) in [6, 6.07) is 11.7. The molecule has 0 aliphatic carbocycles. The Kier molecular flexibility index (Phi) is 5.45. The third-order valence-corrected chi connectivity index (χ3v) is 4.46. The fraction of sp³-hybridized carbons (Fsp3) is 0.143. The molecule has 1 aliphatic rings. The van der Waals surface area contributed by atoms with Gasteiger partial charge >= 0.3 is 6.03 Å². The predicted molar refractivity (Wildman–Crippen MR) is 104 cm³/mol. The number of aromatic carboxylic acids is 1. The molecule has 2 aromatic carbocycles. The van der Waals surface area contributed by atoms with Crippen molar-refractivity contribution in [2.75, 3.05) is 10.2 Å². The van der Waals surface area contributed by atoms with Crippen molar-refractivity contribution in [3.05, 3.63) is 71.4 Å². The van der Waals surface area contributed by atoms with Crippen molar-refractivity contribution in [2.24, 2.45) is 5.92 Å². The normalized spacial score (nSPS) is 17.2. The molecule has 148 valence electrons. The van der Waals surface area contributed by atoms with Crippen molar-refractivity contribution >= 4 is 35.2 Å². The molecule has 0 radical (unpaired) electrons. The van der Waals surface area contributed by atoms with Gasteiger partial charge in [-0.05, 0) is 43.7 Å². The minimum Gasteiger partial charge on any atom is -0.545 e. The highest BCUT2D eigenvalue weighted by atomic mass is 16.4. The van der Waals surface area contributed by atoms with E-state index < -0.39 is 29.7 Å². The van der Waals surface area contributed by atoms with Gasteiger partial charge in [-0.3, -0.25) is 14.9 Å². The van der Waals surface area contributed by atoms with Crippen molar-refractivity contribution in [2.45, 2.75) is 13.8 Å². The van der Waals surface area contributed by atoms with Gasteiger partial charge in [-0.25, -0.2) is 9.69 Å². The van der Waals surface area contributed by atoms with E-state index in [0.29, 0.717) is 11.4 Å². The van der Waals surface area contributed by atoms with Crippen molar-refractivity contribution < 1.29 is 24.3 Å². The van der Waals surface area contributed by atoms with Gasteiger partial charge in [0, 0.05) is 11.4 Å². The van der Waals surface area contributed by atoms with Crippen LogP contribution in [-0.2, 0) is 9.59 Å². The Morgan fingerprint density at radius 2 is 1.83 bits per heavy atom. The van der Waals surface area contributed by atoms with Crippen molar-refractivity contribution in [1.29, 1.82) is 0 Å². The Morgan fingerprint density at radius 1 is 1.14 bits per heavy atom. The Labute approximate surface area is 166 Å². The van der Waals surface area contributed by atoms with Crippen LogP contribution in [0.3, 0.4) is 0 Å². The standard InChI is InChI=1S/C21H19N3O5/c1-3-16(22-14-6-4-5-13(11-14)20(27)28)17-18(25)23-21(29)24(19(17)26)15-9-7-12(2)8-10-15/h3-11,17,22H,1-2H3,(H,27,28)(H,23,25,29)/p-1/b16-3+/t17-/m0/s1. The first kappa shape index (κ1) is 19.8. The van der Waals surface area contributed by atoms with Gasteiger partial charge in [-0.1, -0.05) is 35.9 Å². The maximum Gasteiger partial charge on any atom is 0.335 e. The number of barbiturate groups is 1. The first-order valence-electron chi connectivity index (χ1n) is 8.82. The summed E-state index contributed by atoms with van der Waals surface area (Å²) < 4.78 is 0. The zero-order chi connectivity index (χ0) is 21.1. The maximum absolute atomic E-state index is 13.1. The number of hydrogen-bond donors (Lipinski definition) is 2. The summed E-state index contributed by atoms with van der Waals surface area (Å²) in [6.45, 7) is 3.49. The van der Waals surface area contributed by atoms with E-state index in [1.807, 2.05) is 6.92 Å².